The molecule has 0 amide bonds. The summed E-state index contributed by atoms with van der Waals surface area (Å²) in [5, 5.41) is 3.43. The molecule has 0 saturated heterocycles. The van der Waals surface area contributed by atoms with Gasteiger partial charge in [-0.05, 0) is 43.5 Å². The van der Waals surface area contributed by atoms with Crippen LogP contribution in [0.25, 0.3) is 0 Å². The number of rotatable bonds is 6. The molecule has 0 aliphatic rings. The van der Waals surface area contributed by atoms with Gasteiger partial charge in [-0.1, -0.05) is 38.1 Å². The Morgan fingerprint density at radius 1 is 1.29 bits per heavy atom. The number of nitrogens with one attached hydrogen (secondary N) is 1. The minimum atomic E-state index is 0.132. The topological polar surface area (TPSA) is 12.0 Å². The van der Waals surface area contributed by atoms with Crippen LogP contribution in [0, 0.1) is 19.3 Å². The fourth-order valence-electron chi connectivity index (χ4n) is 2.15. The highest BCUT2D eigenvalue weighted by Crippen LogP contribution is 2.26. The molecular formula is C16H25N. The first-order valence-electron chi connectivity index (χ1n) is 6.42. The fraction of sp³-hybridized carbons (Fsp3) is 0.500. The molecule has 0 heterocycles. The lowest BCUT2D eigenvalue weighted by molar-refractivity contribution is 0.394. The molecule has 0 spiro atoms. The second-order valence-electron chi connectivity index (χ2n) is 5.19. The summed E-state index contributed by atoms with van der Waals surface area (Å²) in [4.78, 5) is 0. The molecule has 0 bridgehead atoms. The highest BCUT2D eigenvalue weighted by molar-refractivity contribution is 5.35. The summed E-state index contributed by atoms with van der Waals surface area (Å²) < 4.78 is 0. The lowest BCUT2D eigenvalue weighted by Gasteiger charge is -2.28. The van der Waals surface area contributed by atoms with Crippen LogP contribution < -0.4 is 5.32 Å². The van der Waals surface area contributed by atoms with Gasteiger partial charge in [-0.3, -0.25) is 0 Å². The molecule has 17 heavy (non-hydrogen) atoms. The van der Waals surface area contributed by atoms with Crippen molar-refractivity contribution < 1.29 is 0 Å². The zero-order valence-electron chi connectivity index (χ0n) is 11.6. The predicted molar refractivity (Wildman–Crippen MR) is 76.5 cm³/mol. The Morgan fingerprint density at radius 2 is 1.88 bits per heavy atom. The van der Waals surface area contributed by atoms with E-state index in [1.54, 1.807) is 0 Å². The van der Waals surface area contributed by atoms with Crippen LogP contribution in [0.5, 0.6) is 0 Å². The monoisotopic (exact) mass is 231 g/mol. The maximum Gasteiger partial charge on any atom is 0.00428 e. The molecule has 1 unspecified atom stereocenters. The molecule has 0 saturated carbocycles. The Bertz CT molecular complexity index is 361. The fourth-order valence-corrected chi connectivity index (χ4v) is 2.15. The van der Waals surface area contributed by atoms with Gasteiger partial charge in [0.2, 0.25) is 0 Å². The van der Waals surface area contributed by atoms with Crippen molar-refractivity contribution in [1.29, 1.82) is 0 Å². The lowest BCUT2D eigenvalue weighted by Crippen LogP contribution is -2.32. The van der Waals surface area contributed by atoms with E-state index in [-0.39, 0.29) is 5.41 Å². The third-order valence-corrected chi connectivity index (χ3v) is 3.50. The molecule has 1 atom stereocenters. The first-order valence-corrected chi connectivity index (χ1v) is 6.42. The van der Waals surface area contributed by atoms with Gasteiger partial charge in [0.15, 0.2) is 0 Å². The Morgan fingerprint density at radius 3 is 2.35 bits per heavy atom. The molecule has 0 fully saturated rings. The summed E-state index contributed by atoms with van der Waals surface area (Å²) in [5.41, 5.74) is 4.37. The van der Waals surface area contributed by atoms with Gasteiger partial charge in [0.05, 0.1) is 0 Å². The van der Waals surface area contributed by atoms with E-state index in [0.717, 1.165) is 19.5 Å². The maximum atomic E-state index is 4.00. The molecule has 0 aliphatic heterocycles. The van der Waals surface area contributed by atoms with E-state index in [0.29, 0.717) is 0 Å². The van der Waals surface area contributed by atoms with Crippen LogP contribution in [0.1, 0.15) is 30.5 Å². The molecule has 0 radical (unpaired) electrons. The van der Waals surface area contributed by atoms with E-state index >= 15 is 0 Å². The SMILES string of the molecule is C=CC(C)(CNCC)Cc1c(C)cccc1C. The van der Waals surface area contributed by atoms with Crippen molar-refractivity contribution in [3.05, 3.63) is 47.5 Å². The third-order valence-electron chi connectivity index (χ3n) is 3.50. The van der Waals surface area contributed by atoms with Crippen molar-refractivity contribution in [3.8, 4) is 0 Å². The van der Waals surface area contributed by atoms with Crippen LogP contribution in [0.2, 0.25) is 0 Å². The molecule has 0 aliphatic carbocycles. The molecule has 1 N–H and O–H groups in total. The molecule has 1 aromatic rings. The van der Waals surface area contributed by atoms with Crippen LogP contribution >= 0.6 is 0 Å². The molecule has 1 aromatic carbocycles. The van der Waals surface area contributed by atoms with Gasteiger partial charge < -0.3 is 5.32 Å². The molecular weight excluding hydrogens is 206 g/mol. The number of hydrogen-bond donors (Lipinski definition) is 1. The minimum absolute atomic E-state index is 0.132. The molecule has 1 heteroatoms. The van der Waals surface area contributed by atoms with E-state index in [4.69, 9.17) is 0 Å². The lowest BCUT2D eigenvalue weighted by atomic mass is 9.81. The first kappa shape index (κ1) is 14.0. The quantitative estimate of drug-likeness (QED) is 0.737. The number of benzene rings is 1. The van der Waals surface area contributed by atoms with Crippen molar-refractivity contribution in [2.24, 2.45) is 5.41 Å². The van der Waals surface area contributed by atoms with Crippen LogP contribution in [0.4, 0.5) is 0 Å². The highest BCUT2D eigenvalue weighted by Gasteiger charge is 2.21. The van der Waals surface area contributed by atoms with Gasteiger partial charge in [-0.15, -0.1) is 6.58 Å². The zero-order valence-corrected chi connectivity index (χ0v) is 11.6. The Balaban J connectivity index is 2.90. The van der Waals surface area contributed by atoms with Crippen molar-refractivity contribution in [2.75, 3.05) is 13.1 Å². The van der Waals surface area contributed by atoms with Crippen molar-refractivity contribution in [3.63, 3.8) is 0 Å². The Kier molecular flexibility index (Phi) is 4.95. The van der Waals surface area contributed by atoms with Crippen molar-refractivity contribution in [2.45, 2.75) is 34.1 Å². The van der Waals surface area contributed by atoms with Gasteiger partial charge in [0, 0.05) is 12.0 Å². The van der Waals surface area contributed by atoms with Gasteiger partial charge in [-0.2, -0.15) is 0 Å². The van der Waals surface area contributed by atoms with Gasteiger partial charge in [-0.25, -0.2) is 0 Å². The van der Waals surface area contributed by atoms with E-state index in [2.05, 4.69) is 63.9 Å². The van der Waals surface area contributed by atoms with Crippen molar-refractivity contribution >= 4 is 0 Å². The van der Waals surface area contributed by atoms with Crippen LogP contribution in [-0.4, -0.2) is 13.1 Å². The van der Waals surface area contributed by atoms with Crippen LogP contribution in [-0.2, 0) is 6.42 Å². The van der Waals surface area contributed by atoms with E-state index < -0.39 is 0 Å². The van der Waals surface area contributed by atoms with Crippen molar-refractivity contribution in [1.82, 2.24) is 5.32 Å². The molecule has 0 aromatic heterocycles. The Labute approximate surface area is 106 Å². The normalized spacial score (nSPS) is 14.4. The largest absolute Gasteiger partial charge is 0.316 e. The second-order valence-corrected chi connectivity index (χ2v) is 5.19. The van der Waals surface area contributed by atoms with E-state index in [9.17, 15) is 0 Å². The summed E-state index contributed by atoms with van der Waals surface area (Å²) in [6.07, 6.45) is 3.14. The Hall–Kier alpha value is -1.08. The summed E-state index contributed by atoms with van der Waals surface area (Å²) in [6, 6.07) is 6.52. The van der Waals surface area contributed by atoms with Crippen LogP contribution in [0.3, 0.4) is 0 Å². The standard InChI is InChI=1S/C16H25N/c1-6-16(5,12-17-7-2)11-15-13(3)9-8-10-14(15)4/h6,8-10,17H,1,7,11-12H2,2-5H3. The van der Waals surface area contributed by atoms with E-state index in [1.807, 2.05) is 0 Å². The third kappa shape index (κ3) is 3.71. The molecule has 94 valence electrons. The predicted octanol–water partition coefficient (Wildman–Crippen LogP) is 3.65. The average molecular weight is 231 g/mol. The number of hydrogen-bond acceptors (Lipinski definition) is 1. The molecule has 1 nitrogen and oxygen atoms in total. The average Bonchev–Trinajstić information content (AvgIpc) is 2.32. The van der Waals surface area contributed by atoms with E-state index in [1.165, 1.54) is 16.7 Å². The summed E-state index contributed by atoms with van der Waals surface area (Å²) >= 11 is 0. The second kappa shape index (κ2) is 6.02. The first-order chi connectivity index (χ1) is 8.02. The summed E-state index contributed by atoms with van der Waals surface area (Å²) in [7, 11) is 0. The smallest absolute Gasteiger partial charge is 0.00428 e. The highest BCUT2D eigenvalue weighted by atomic mass is 14.9. The number of aryl methyl sites for hydroxylation is 2. The molecule has 1 rings (SSSR count). The van der Waals surface area contributed by atoms with Crippen LogP contribution in [0.15, 0.2) is 30.9 Å². The van der Waals surface area contributed by atoms with Gasteiger partial charge >= 0.3 is 0 Å². The minimum Gasteiger partial charge on any atom is -0.316 e. The summed E-state index contributed by atoms with van der Waals surface area (Å²) in [5.74, 6) is 0. The van der Waals surface area contributed by atoms with Gasteiger partial charge in [0.1, 0.15) is 0 Å². The maximum absolute atomic E-state index is 4.00. The zero-order chi connectivity index (χ0) is 12.9. The van der Waals surface area contributed by atoms with Gasteiger partial charge in [0.25, 0.3) is 0 Å². The summed E-state index contributed by atoms with van der Waals surface area (Å²) in [6.45, 7) is 14.8.